The molecule has 116 valence electrons. The average molecular weight is 337 g/mol. The Hall–Kier alpha value is -1.50. The third kappa shape index (κ3) is 3.14. The molecule has 0 atom stereocenters. The number of nitrogens with one attached hydrogen (secondary N) is 3. The highest BCUT2D eigenvalue weighted by molar-refractivity contribution is 7.99. The molecule has 0 saturated heterocycles. The Morgan fingerprint density at radius 3 is 3.18 bits per heavy atom. The third-order valence-electron chi connectivity index (χ3n) is 3.51. The molecule has 7 heteroatoms. The van der Waals surface area contributed by atoms with Crippen LogP contribution in [0.25, 0.3) is 0 Å². The first kappa shape index (κ1) is 15.4. The zero-order valence-electron chi connectivity index (χ0n) is 12.2. The summed E-state index contributed by atoms with van der Waals surface area (Å²) in [6.45, 7) is 3.64. The van der Waals surface area contributed by atoms with Gasteiger partial charge >= 0.3 is 0 Å². The number of aromatic amines is 1. The molecule has 1 aliphatic heterocycles. The molecule has 22 heavy (non-hydrogen) atoms. The molecule has 0 fully saturated rings. The molecule has 1 aromatic carbocycles. The normalized spacial score (nSPS) is 13.7. The van der Waals surface area contributed by atoms with Crippen LogP contribution in [0.2, 0.25) is 5.02 Å². The van der Waals surface area contributed by atoms with Crippen molar-refractivity contribution >= 4 is 35.0 Å². The topological polar surface area (TPSA) is 69.8 Å². The minimum absolute atomic E-state index is 0.207. The van der Waals surface area contributed by atoms with Crippen molar-refractivity contribution < 1.29 is 4.79 Å². The Kier molecular flexibility index (Phi) is 4.71. The van der Waals surface area contributed by atoms with Gasteiger partial charge in [0.2, 0.25) is 0 Å². The number of fused-ring (bicyclic) bond motifs is 1. The summed E-state index contributed by atoms with van der Waals surface area (Å²) in [5.74, 6) is 0.716. The van der Waals surface area contributed by atoms with Crippen molar-refractivity contribution in [2.75, 3.05) is 17.6 Å². The summed E-state index contributed by atoms with van der Waals surface area (Å²) in [6, 6.07) is 5.53. The molecular formula is C15H17ClN4OS. The van der Waals surface area contributed by atoms with Crippen LogP contribution in [0.5, 0.6) is 0 Å². The Morgan fingerprint density at radius 1 is 1.50 bits per heavy atom. The molecule has 1 aromatic heterocycles. The van der Waals surface area contributed by atoms with Gasteiger partial charge in [-0.25, -0.2) is 0 Å². The summed E-state index contributed by atoms with van der Waals surface area (Å²) >= 11 is 7.71. The predicted octanol–water partition coefficient (Wildman–Crippen LogP) is 3.07. The maximum absolute atomic E-state index is 12.5. The van der Waals surface area contributed by atoms with Gasteiger partial charge in [-0.15, -0.1) is 11.8 Å². The van der Waals surface area contributed by atoms with Crippen LogP contribution >= 0.6 is 23.4 Å². The Labute approximate surface area is 138 Å². The smallest absolute Gasteiger partial charge is 0.276 e. The van der Waals surface area contributed by atoms with Crippen LogP contribution in [-0.2, 0) is 13.0 Å². The van der Waals surface area contributed by atoms with E-state index in [9.17, 15) is 4.79 Å². The third-order valence-corrected chi connectivity index (χ3v) is 4.70. The van der Waals surface area contributed by atoms with Crippen molar-refractivity contribution in [2.24, 2.45) is 0 Å². The van der Waals surface area contributed by atoms with Crippen molar-refractivity contribution in [3.8, 4) is 0 Å². The highest BCUT2D eigenvalue weighted by atomic mass is 35.5. The fourth-order valence-electron chi connectivity index (χ4n) is 2.48. The highest BCUT2D eigenvalue weighted by Crippen LogP contribution is 2.30. The van der Waals surface area contributed by atoms with Gasteiger partial charge in [0.1, 0.15) is 0 Å². The number of H-pyrrole nitrogens is 1. The second-order valence-corrected chi connectivity index (χ2v) is 6.73. The number of thioether (sulfide) groups is 1. The van der Waals surface area contributed by atoms with Crippen molar-refractivity contribution in [3.63, 3.8) is 0 Å². The quantitative estimate of drug-likeness (QED) is 0.750. The van der Waals surface area contributed by atoms with Crippen LogP contribution < -0.4 is 10.6 Å². The lowest BCUT2D eigenvalue weighted by molar-refractivity contribution is 0.102. The molecular weight excluding hydrogens is 320 g/mol. The molecule has 1 amide bonds. The summed E-state index contributed by atoms with van der Waals surface area (Å²) in [4.78, 5) is 13.5. The molecule has 0 radical (unpaired) electrons. The van der Waals surface area contributed by atoms with Gasteiger partial charge in [-0.2, -0.15) is 5.10 Å². The van der Waals surface area contributed by atoms with Crippen molar-refractivity contribution in [1.82, 2.24) is 15.5 Å². The Balaban J connectivity index is 1.85. The van der Waals surface area contributed by atoms with E-state index in [0.717, 1.165) is 40.6 Å². The van der Waals surface area contributed by atoms with Crippen LogP contribution in [0, 0.1) is 0 Å². The lowest BCUT2D eigenvalue weighted by Crippen LogP contribution is -2.25. The van der Waals surface area contributed by atoms with E-state index in [1.165, 1.54) is 0 Å². The first-order valence-corrected chi connectivity index (χ1v) is 8.56. The van der Waals surface area contributed by atoms with E-state index >= 15 is 0 Å². The first-order chi connectivity index (χ1) is 10.7. The van der Waals surface area contributed by atoms with Crippen LogP contribution in [0.15, 0.2) is 23.1 Å². The van der Waals surface area contributed by atoms with E-state index in [1.54, 1.807) is 17.8 Å². The molecule has 2 aromatic rings. The number of aromatic nitrogens is 2. The number of halogens is 1. The van der Waals surface area contributed by atoms with E-state index in [2.05, 4.69) is 27.8 Å². The number of carbonyl (C=O) groups excluding carboxylic acids is 1. The molecule has 2 heterocycles. The maximum atomic E-state index is 12.5. The van der Waals surface area contributed by atoms with Crippen LogP contribution in [0.3, 0.4) is 0 Å². The molecule has 0 bridgehead atoms. The van der Waals surface area contributed by atoms with Gasteiger partial charge < -0.3 is 10.6 Å². The van der Waals surface area contributed by atoms with Gasteiger partial charge in [0, 0.05) is 40.7 Å². The van der Waals surface area contributed by atoms with E-state index in [0.29, 0.717) is 17.3 Å². The van der Waals surface area contributed by atoms with Crippen LogP contribution in [0.1, 0.15) is 28.7 Å². The van der Waals surface area contributed by atoms with E-state index in [-0.39, 0.29) is 5.91 Å². The minimum Gasteiger partial charge on any atom is -0.319 e. The molecule has 5 nitrogen and oxygen atoms in total. The van der Waals surface area contributed by atoms with Gasteiger partial charge in [-0.3, -0.25) is 9.89 Å². The molecule has 0 saturated carbocycles. The van der Waals surface area contributed by atoms with Crippen LogP contribution in [-0.4, -0.2) is 28.4 Å². The second-order valence-electron chi connectivity index (χ2n) is 4.98. The SMILES string of the molecule is CCSc1ccc(Cl)cc1NC(=O)c1n[nH]c2c1CNCC2. The summed E-state index contributed by atoms with van der Waals surface area (Å²) in [6.07, 6.45) is 0.865. The Morgan fingerprint density at radius 2 is 2.36 bits per heavy atom. The molecule has 1 aliphatic rings. The van der Waals surface area contributed by atoms with E-state index in [4.69, 9.17) is 11.6 Å². The van der Waals surface area contributed by atoms with Gasteiger partial charge in [0.05, 0.1) is 5.69 Å². The monoisotopic (exact) mass is 336 g/mol. The van der Waals surface area contributed by atoms with E-state index in [1.807, 2.05) is 12.1 Å². The minimum atomic E-state index is -0.207. The van der Waals surface area contributed by atoms with Crippen molar-refractivity contribution in [2.45, 2.75) is 24.8 Å². The fourth-order valence-corrected chi connectivity index (χ4v) is 3.39. The molecule has 0 unspecified atom stereocenters. The van der Waals surface area contributed by atoms with Crippen molar-refractivity contribution in [1.29, 1.82) is 0 Å². The lowest BCUT2D eigenvalue weighted by atomic mass is 10.1. The van der Waals surface area contributed by atoms with Gasteiger partial charge in [0.25, 0.3) is 5.91 Å². The molecule has 3 N–H and O–H groups in total. The summed E-state index contributed by atoms with van der Waals surface area (Å²) in [5.41, 5.74) is 3.17. The Bertz CT molecular complexity index is 701. The van der Waals surface area contributed by atoms with Gasteiger partial charge in [0.15, 0.2) is 5.69 Å². The second kappa shape index (κ2) is 6.73. The molecule has 0 aliphatic carbocycles. The predicted molar refractivity (Wildman–Crippen MR) is 89.8 cm³/mol. The standard InChI is InChI=1S/C15H17ClN4OS/c1-2-22-13-4-3-9(16)7-12(13)18-15(21)14-10-8-17-6-5-11(10)19-20-14/h3-4,7,17H,2,5-6,8H2,1H3,(H,18,21)(H,19,20). The lowest BCUT2D eigenvalue weighted by Gasteiger charge is -2.14. The summed E-state index contributed by atoms with van der Waals surface area (Å²) in [5, 5.41) is 13.9. The number of hydrogen-bond acceptors (Lipinski definition) is 4. The van der Waals surface area contributed by atoms with E-state index < -0.39 is 0 Å². The zero-order chi connectivity index (χ0) is 15.5. The number of nitrogens with zero attached hydrogens (tertiary/aromatic N) is 1. The summed E-state index contributed by atoms with van der Waals surface area (Å²) in [7, 11) is 0. The zero-order valence-corrected chi connectivity index (χ0v) is 13.8. The number of benzene rings is 1. The highest BCUT2D eigenvalue weighted by Gasteiger charge is 2.22. The largest absolute Gasteiger partial charge is 0.319 e. The van der Waals surface area contributed by atoms with Gasteiger partial charge in [-0.1, -0.05) is 18.5 Å². The number of carbonyl (C=O) groups is 1. The first-order valence-electron chi connectivity index (χ1n) is 7.19. The number of rotatable bonds is 4. The average Bonchev–Trinajstić information content (AvgIpc) is 2.94. The number of amides is 1. The summed E-state index contributed by atoms with van der Waals surface area (Å²) < 4.78 is 0. The van der Waals surface area contributed by atoms with Crippen LogP contribution in [0.4, 0.5) is 5.69 Å². The maximum Gasteiger partial charge on any atom is 0.276 e. The molecule has 0 spiro atoms. The fraction of sp³-hybridized carbons (Fsp3) is 0.333. The molecule has 3 rings (SSSR count). The van der Waals surface area contributed by atoms with Crippen molar-refractivity contribution in [3.05, 3.63) is 40.2 Å². The van der Waals surface area contributed by atoms with Gasteiger partial charge in [-0.05, 0) is 24.0 Å². The number of anilines is 1. The number of hydrogen-bond donors (Lipinski definition) is 3.